The van der Waals surface area contributed by atoms with E-state index in [1.807, 2.05) is 12.4 Å². The molecule has 0 saturated heterocycles. The van der Waals surface area contributed by atoms with Crippen LogP contribution in [-0.2, 0) is 0 Å². The van der Waals surface area contributed by atoms with E-state index in [9.17, 15) is 0 Å². The van der Waals surface area contributed by atoms with Crippen molar-refractivity contribution < 1.29 is 0 Å². The van der Waals surface area contributed by atoms with Crippen LogP contribution in [0.25, 0.3) is 21.5 Å². The van der Waals surface area contributed by atoms with Crippen molar-refractivity contribution in [3.8, 4) is 0 Å². The van der Waals surface area contributed by atoms with E-state index in [0.717, 1.165) is 0 Å². The summed E-state index contributed by atoms with van der Waals surface area (Å²) in [5.41, 5.74) is 1.31. The van der Waals surface area contributed by atoms with Gasteiger partial charge in [0.1, 0.15) is 0 Å². The summed E-state index contributed by atoms with van der Waals surface area (Å²) in [6, 6.07) is 11.0. The van der Waals surface area contributed by atoms with Gasteiger partial charge in [0.05, 0.1) is 0 Å². The lowest BCUT2D eigenvalue weighted by Crippen LogP contribution is -1.75. The Balaban J connectivity index is 2.50. The fourth-order valence-corrected chi connectivity index (χ4v) is 1.92. The number of nitrogens with one attached hydrogen (secondary N) is 1. The third-order valence-electron chi connectivity index (χ3n) is 2.68. The minimum Gasteiger partial charge on any atom is -0.366 e. The molecule has 0 amide bonds. The molecular weight excluding hydrogens is 170 g/mol. The van der Waals surface area contributed by atoms with Gasteiger partial charge in [-0.2, -0.15) is 0 Å². The zero-order chi connectivity index (χ0) is 9.54. The quantitative estimate of drug-likeness (QED) is 0.545. The van der Waals surface area contributed by atoms with Crippen molar-refractivity contribution in [2.75, 3.05) is 0 Å². The molecule has 0 aliphatic rings. The first-order chi connectivity index (χ1) is 6.83. The van der Waals surface area contributed by atoms with Crippen molar-refractivity contribution in [1.82, 2.24) is 4.98 Å². The van der Waals surface area contributed by atoms with E-state index in [1.54, 1.807) is 0 Å². The molecule has 3 rings (SSSR count). The van der Waals surface area contributed by atoms with E-state index < -0.39 is 0 Å². The van der Waals surface area contributed by atoms with Crippen LogP contribution < -0.4 is 0 Å². The van der Waals surface area contributed by atoms with Gasteiger partial charge in [0, 0.05) is 12.4 Å². The van der Waals surface area contributed by atoms with E-state index in [-0.39, 0.29) is 0 Å². The minimum absolute atomic E-state index is 1.28. The van der Waals surface area contributed by atoms with Crippen molar-refractivity contribution in [3.05, 3.63) is 48.3 Å². The molecule has 0 bridgehead atoms. The summed E-state index contributed by atoms with van der Waals surface area (Å²) < 4.78 is 0. The number of rotatable bonds is 0. The second-order valence-corrected chi connectivity index (χ2v) is 3.79. The normalized spacial score (nSPS) is 11.2. The highest BCUT2D eigenvalue weighted by molar-refractivity contribution is 5.98. The molecule has 0 unspecified atom stereocenters. The average Bonchev–Trinajstić information content (AvgIpc) is 2.61. The third kappa shape index (κ3) is 1.02. The van der Waals surface area contributed by atoms with Crippen molar-refractivity contribution in [3.63, 3.8) is 0 Å². The van der Waals surface area contributed by atoms with Crippen molar-refractivity contribution in [2.45, 2.75) is 6.92 Å². The Morgan fingerprint density at radius 3 is 2.29 bits per heavy atom. The first-order valence-electron chi connectivity index (χ1n) is 4.80. The van der Waals surface area contributed by atoms with Gasteiger partial charge in [0.15, 0.2) is 0 Å². The maximum atomic E-state index is 3.13. The van der Waals surface area contributed by atoms with Crippen LogP contribution in [0.2, 0.25) is 0 Å². The summed E-state index contributed by atoms with van der Waals surface area (Å²) in [5, 5.41) is 5.18. The topological polar surface area (TPSA) is 15.8 Å². The summed E-state index contributed by atoms with van der Waals surface area (Å²) in [5.74, 6) is 0. The fourth-order valence-electron chi connectivity index (χ4n) is 1.92. The molecule has 2 aromatic carbocycles. The van der Waals surface area contributed by atoms with Gasteiger partial charge in [-0.25, -0.2) is 0 Å². The molecule has 1 heteroatoms. The van der Waals surface area contributed by atoms with E-state index in [1.165, 1.54) is 27.1 Å². The summed E-state index contributed by atoms with van der Waals surface area (Å²) in [4.78, 5) is 3.13. The van der Waals surface area contributed by atoms with Crippen molar-refractivity contribution in [1.29, 1.82) is 0 Å². The summed E-state index contributed by atoms with van der Waals surface area (Å²) in [6.07, 6.45) is 4.08. The van der Waals surface area contributed by atoms with Crippen molar-refractivity contribution in [2.24, 2.45) is 0 Å². The van der Waals surface area contributed by atoms with Gasteiger partial charge in [0.2, 0.25) is 0 Å². The van der Waals surface area contributed by atoms with Gasteiger partial charge in [-0.3, -0.25) is 0 Å². The number of hydrogen-bond donors (Lipinski definition) is 1. The molecule has 14 heavy (non-hydrogen) atoms. The monoisotopic (exact) mass is 181 g/mol. The number of fused-ring (bicyclic) bond motifs is 2. The molecule has 1 N–H and O–H groups in total. The lowest BCUT2D eigenvalue weighted by molar-refractivity contribution is 1.43. The Bertz CT molecular complexity index is 605. The molecule has 0 fully saturated rings. The highest BCUT2D eigenvalue weighted by Gasteiger charge is 1.98. The fraction of sp³-hybridized carbons (Fsp3) is 0.0769. The van der Waals surface area contributed by atoms with Crippen LogP contribution in [0.15, 0.2) is 42.7 Å². The molecular formula is C13H11N. The largest absolute Gasteiger partial charge is 0.366 e. The van der Waals surface area contributed by atoms with E-state index in [4.69, 9.17) is 0 Å². The molecule has 1 heterocycles. The van der Waals surface area contributed by atoms with Gasteiger partial charge in [-0.1, -0.05) is 23.8 Å². The lowest BCUT2D eigenvalue weighted by atomic mass is 10.0. The second-order valence-electron chi connectivity index (χ2n) is 3.79. The number of aromatic amines is 1. The first-order valence-corrected chi connectivity index (χ1v) is 4.80. The third-order valence-corrected chi connectivity index (χ3v) is 2.68. The Morgan fingerprint density at radius 1 is 0.786 bits per heavy atom. The first kappa shape index (κ1) is 7.63. The van der Waals surface area contributed by atoms with Crippen LogP contribution in [0, 0.1) is 6.92 Å². The predicted octanol–water partition coefficient (Wildman–Crippen LogP) is 3.63. The second kappa shape index (κ2) is 2.61. The molecule has 0 radical (unpaired) electrons. The van der Waals surface area contributed by atoms with E-state index >= 15 is 0 Å². The summed E-state index contributed by atoms with van der Waals surface area (Å²) in [6.45, 7) is 2.13. The highest BCUT2D eigenvalue weighted by atomic mass is 14.6. The van der Waals surface area contributed by atoms with Gasteiger partial charge >= 0.3 is 0 Å². The van der Waals surface area contributed by atoms with Crippen LogP contribution in [-0.4, -0.2) is 4.98 Å². The molecule has 1 aromatic heterocycles. The Kier molecular flexibility index (Phi) is 1.42. The van der Waals surface area contributed by atoms with Gasteiger partial charge in [0.25, 0.3) is 0 Å². The average molecular weight is 181 g/mol. The van der Waals surface area contributed by atoms with Gasteiger partial charge in [-0.05, 0) is 40.6 Å². The molecule has 0 saturated carbocycles. The van der Waals surface area contributed by atoms with Gasteiger partial charge < -0.3 is 4.98 Å². The number of hydrogen-bond acceptors (Lipinski definition) is 0. The molecule has 0 aliphatic carbocycles. The standard InChI is InChI=1S/C13H11N/c1-9-2-3-10-5-12-7-14-8-13(12)6-11(10)4-9/h2-8,14H,1H3. The summed E-state index contributed by atoms with van der Waals surface area (Å²) >= 11 is 0. The Morgan fingerprint density at radius 2 is 1.50 bits per heavy atom. The zero-order valence-corrected chi connectivity index (χ0v) is 8.04. The Hall–Kier alpha value is -1.76. The van der Waals surface area contributed by atoms with Crippen molar-refractivity contribution >= 4 is 21.5 Å². The molecule has 0 aliphatic heterocycles. The smallest absolute Gasteiger partial charge is 0.00845 e. The molecule has 0 atom stereocenters. The number of benzene rings is 2. The van der Waals surface area contributed by atoms with Crippen LogP contribution >= 0.6 is 0 Å². The van der Waals surface area contributed by atoms with Crippen LogP contribution in [0.5, 0.6) is 0 Å². The lowest BCUT2D eigenvalue weighted by Gasteiger charge is -1.99. The van der Waals surface area contributed by atoms with E-state index in [0.29, 0.717) is 0 Å². The van der Waals surface area contributed by atoms with Gasteiger partial charge in [-0.15, -0.1) is 0 Å². The number of aromatic nitrogens is 1. The Labute approximate surface area is 82.4 Å². The molecule has 68 valence electrons. The maximum Gasteiger partial charge on any atom is 0.00845 e. The minimum atomic E-state index is 1.28. The maximum absolute atomic E-state index is 3.13. The van der Waals surface area contributed by atoms with E-state index in [2.05, 4.69) is 42.2 Å². The number of H-pyrrole nitrogens is 1. The van der Waals surface area contributed by atoms with Crippen LogP contribution in [0.1, 0.15) is 5.56 Å². The highest BCUT2D eigenvalue weighted by Crippen LogP contribution is 2.23. The SMILES string of the molecule is Cc1ccc2cc3c[nH]cc3cc2c1. The van der Waals surface area contributed by atoms with Crippen LogP contribution in [0.4, 0.5) is 0 Å². The van der Waals surface area contributed by atoms with Crippen LogP contribution in [0.3, 0.4) is 0 Å². The molecule has 1 nitrogen and oxygen atoms in total. The molecule has 0 spiro atoms. The summed E-state index contributed by atoms with van der Waals surface area (Å²) in [7, 11) is 0. The predicted molar refractivity (Wildman–Crippen MR) is 60.5 cm³/mol. The molecule has 3 aromatic rings. The zero-order valence-electron chi connectivity index (χ0n) is 8.04. The number of aryl methyl sites for hydroxylation is 1.